The third-order valence-electron chi connectivity index (χ3n) is 5.33. The number of thiocarbonyl (C=S) groups is 1. The molecule has 0 saturated carbocycles. The number of esters is 1. The Hall–Kier alpha value is -2.72. The highest BCUT2D eigenvalue weighted by atomic mass is 32.1. The van der Waals surface area contributed by atoms with Crippen molar-refractivity contribution in [1.82, 2.24) is 15.5 Å². The number of carbonyl (C=O) groups excluding carboxylic acids is 3. The van der Waals surface area contributed by atoms with Crippen LogP contribution < -0.4 is 15.4 Å². The molecule has 9 nitrogen and oxygen atoms in total. The molecule has 2 aliphatic rings. The molecule has 3 rings (SSSR count). The summed E-state index contributed by atoms with van der Waals surface area (Å²) in [4.78, 5) is 39.0. The predicted octanol–water partition coefficient (Wildman–Crippen LogP) is 1.65. The smallest absolute Gasteiger partial charge is 0.308 e. The minimum absolute atomic E-state index is 0.0897. The fraction of sp³-hybridized carbons (Fsp3) is 0.565. The van der Waals surface area contributed by atoms with E-state index in [9.17, 15) is 14.4 Å². The summed E-state index contributed by atoms with van der Waals surface area (Å²) in [7, 11) is 0. The van der Waals surface area contributed by atoms with Crippen molar-refractivity contribution >= 4 is 35.1 Å². The van der Waals surface area contributed by atoms with Gasteiger partial charge in [0.05, 0.1) is 19.1 Å². The van der Waals surface area contributed by atoms with E-state index in [0.717, 1.165) is 12.8 Å². The van der Waals surface area contributed by atoms with E-state index in [1.54, 1.807) is 29.2 Å². The van der Waals surface area contributed by atoms with Crippen molar-refractivity contribution in [3.8, 4) is 5.75 Å². The molecule has 0 aliphatic carbocycles. The number of hydrogen-bond acceptors (Lipinski definition) is 7. The van der Waals surface area contributed by atoms with Gasteiger partial charge in [-0.15, -0.1) is 0 Å². The Morgan fingerprint density at radius 1 is 1.30 bits per heavy atom. The second-order valence-electron chi connectivity index (χ2n) is 8.51. The lowest BCUT2D eigenvalue weighted by molar-refractivity contribution is -0.150. The summed E-state index contributed by atoms with van der Waals surface area (Å²) < 4.78 is 16.4. The van der Waals surface area contributed by atoms with Gasteiger partial charge in [0, 0.05) is 25.3 Å². The number of amides is 2. The van der Waals surface area contributed by atoms with Gasteiger partial charge in [-0.3, -0.25) is 19.7 Å². The molecule has 180 valence electrons. The molecule has 2 saturated heterocycles. The Balaban J connectivity index is 1.55. The molecule has 1 aromatic carbocycles. The van der Waals surface area contributed by atoms with Gasteiger partial charge in [-0.05, 0) is 55.2 Å². The second kappa shape index (κ2) is 11.9. The van der Waals surface area contributed by atoms with Crippen molar-refractivity contribution in [2.75, 3.05) is 32.9 Å². The van der Waals surface area contributed by atoms with Crippen LogP contribution in [0.5, 0.6) is 5.75 Å². The minimum atomic E-state index is -0.852. The number of rotatable bonds is 8. The van der Waals surface area contributed by atoms with E-state index in [4.69, 9.17) is 26.4 Å². The first-order valence-corrected chi connectivity index (χ1v) is 11.6. The number of nitrogens with one attached hydrogen (secondary N) is 2. The summed E-state index contributed by atoms with van der Waals surface area (Å²) in [5.41, 5.74) is 0.406. The van der Waals surface area contributed by atoms with E-state index in [1.165, 1.54) is 0 Å². The van der Waals surface area contributed by atoms with Crippen LogP contribution in [-0.2, 0) is 19.1 Å². The molecule has 2 N–H and O–H groups in total. The first-order chi connectivity index (χ1) is 15.8. The summed E-state index contributed by atoms with van der Waals surface area (Å²) in [6.07, 6.45) is 1.54. The number of piperazine rings is 1. The van der Waals surface area contributed by atoms with Crippen molar-refractivity contribution in [3.05, 3.63) is 29.8 Å². The molecule has 2 unspecified atom stereocenters. The zero-order chi connectivity index (χ0) is 23.8. The number of benzene rings is 1. The normalized spacial score (nSPS) is 20.3. The van der Waals surface area contributed by atoms with E-state index in [1.807, 2.05) is 0 Å². The molecule has 2 fully saturated rings. The van der Waals surface area contributed by atoms with Crippen LogP contribution in [0.3, 0.4) is 0 Å². The molecule has 2 amide bonds. The Bertz CT molecular complexity index is 854. The molecule has 2 heterocycles. The molecular weight excluding hydrogens is 446 g/mol. The maximum Gasteiger partial charge on any atom is 0.308 e. The summed E-state index contributed by atoms with van der Waals surface area (Å²) in [5.74, 6) is -0.172. The number of nitrogens with zero attached hydrogens (tertiary/aromatic N) is 1. The molecule has 0 aromatic heterocycles. The Labute approximate surface area is 199 Å². The van der Waals surface area contributed by atoms with Gasteiger partial charge in [0.2, 0.25) is 5.91 Å². The highest BCUT2D eigenvalue weighted by molar-refractivity contribution is 7.80. The van der Waals surface area contributed by atoms with Crippen LogP contribution in [0.15, 0.2) is 24.3 Å². The summed E-state index contributed by atoms with van der Waals surface area (Å²) in [6.45, 7) is 6.27. The molecule has 10 heteroatoms. The molecule has 33 heavy (non-hydrogen) atoms. The summed E-state index contributed by atoms with van der Waals surface area (Å²) in [5, 5.41) is 5.48. The highest BCUT2D eigenvalue weighted by Gasteiger charge is 2.34. The van der Waals surface area contributed by atoms with Crippen molar-refractivity contribution in [3.63, 3.8) is 0 Å². The monoisotopic (exact) mass is 477 g/mol. The third kappa shape index (κ3) is 7.40. The van der Waals surface area contributed by atoms with Crippen molar-refractivity contribution in [2.24, 2.45) is 5.92 Å². The maximum atomic E-state index is 12.7. The van der Waals surface area contributed by atoms with Gasteiger partial charge in [-0.2, -0.15) is 0 Å². The first kappa shape index (κ1) is 24.9. The van der Waals surface area contributed by atoms with Crippen molar-refractivity contribution in [1.29, 1.82) is 0 Å². The quantitative estimate of drug-likeness (QED) is 0.430. The maximum absolute atomic E-state index is 12.7. The van der Waals surface area contributed by atoms with E-state index in [0.29, 0.717) is 43.5 Å². The first-order valence-electron chi connectivity index (χ1n) is 11.2. The molecule has 0 radical (unpaired) electrons. The van der Waals surface area contributed by atoms with Crippen LogP contribution in [0.25, 0.3) is 0 Å². The van der Waals surface area contributed by atoms with Crippen LogP contribution in [0, 0.1) is 5.92 Å². The molecular formula is C23H31N3O6S. The van der Waals surface area contributed by atoms with Crippen molar-refractivity contribution in [2.45, 2.75) is 45.3 Å². The van der Waals surface area contributed by atoms with Gasteiger partial charge in [-0.1, -0.05) is 13.8 Å². The van der Waals surface area contributed by atoms with Crippen LogP contribution >= 0.6 is 12.2 Å². The van der Waals surface area contributed by atoms with Gasteiger partial charge in [0.1, 0.15) is 18.4 Å². The molecule has 0 bridgehead atoms. The number of ether oxygens (including phenoxy) is 3. The van der Waals surface area contributed by atoms with E-state index in [2.05, 4.69) is 24.5 Å². The second-order valence-corrected chi connectivity index (χ2v) is 8.90. The number of carbonyl (C=O) groups is 3. The van der Waals surface area contributed by atoms with Crippen LogP contribution in [0.1, 0.15) is 43.5 Å². The van der Waals surface area contributed by atoms with E-state index >= 15 is 0 Å². The SMILES string of the molecule is CC(C)COc1ccc(C(=O)NC(=S)N2CCNC(=O)C2CC(=O)OCC2CCCO2)cc1. The van der Waals surface area contributed by atoms with Crippen LogP contribution in [0.4, 0.5) is 0 Å². The zero-order valence-electron chi connectivity index (χ0n) is 19.0. The fourth-order valence-corrected chi connectivity index (χ4v) is 3.86. The van der Waals surface area contributed by atoms with Gasteiger partial charge in [-0.25, -0.2) is 0 Å². The summed E-state index contributed by atoms with van der Waals surface area (Å²) in [6, 6.07) is 5.89. The van der Waals surface area contributed by atoms with Crippen LogP contribution in [-0.4, -0.2) is 72.9 Å². The standard InChI is InChI=1S/C23H31N3O6S/c1-15(2)13-31-17-7-5-16(6-8-17)21(28)25-23(33)26-10-9-24-22(29)19(26)12-20(27)32-14-18-4-3-11-30-18/h5-8,15,18-19H,3-4,9-14H2,1-2H3,(H,24,29)(H,25,28,33). The molecule has 2 aliphatic heterocycles. The fourth-order valence-electron chi connectivity index (χ4n) is 3.55. The molecule has 2 atom stereocenters. The van der Waals surface area contributed by atoms with Gasteiger partial charge in [0.15, 0.2) is 5.11 Å². The molecule has 0 spiro atoms. The minimum Gasteiger partial charge on any atom is -0.493 e. The van der Waals surface area contributed by atoms with Gasteiger partial charge < -0.3 is 24.4 Å². The van der Waals surface area contributed by atoms with Crippen LogP contribution in [0.2, 0.25) is 0 Å². The lowest BCUT2D eigenvalue weighted by atomic mass is 10.1. The molecule has 1 aromatic rings. The summed E-state index contributed by atoms with van der Waals surface area (Å²) >= 11 is 5.40. The third-order valence-corrected chi connectivity index (χ3v) is 5.66. The predicted molar refractivity (Wildman–Crippen MR) is 125 cm³/mol. The van der Waals surface area contributed by atoms with E-state index in [-0.39, 0.29) is 30.2 Å². The Kier molecular flexibility index (Phi) is 9.02. The van der Waals surface area contributed by atoms with Crippen molar-refractivity contribution < 1.29 is 28.6 Å². The number of hydrogen-bond donors (Lipinski definition) is 2. The zero-order valence-corrected chi connectivity index (χ0v) is 19.8. The van der Waals surface area contributed by atoms with Gasteiger partial charge in [0.25, 0.3) is 5.91 Å². The van der Waals surface area contributed by atoms with E-state index < -0.39 is 17.9 Å². The van der Waals surface area contributed by atoms with Gasteiger partial charge >= 0.3 is 5.97 Å². The average molecular weight is 478 g/mol. The lowest BCUT2D eigenvalue weighted by Crippen LogP contribution is -2.60. The lowest BCUT2D eigenvalue weighted by Gasteiger charge is -2.36. The Morgan fingerprint density at radius 2 is 2.06 bits per heavy atom. The topological polar surface area (TPSA) is 106 Å². The average Bonchev–Trinajstić information content (AvgIpc) is 3.31. The highest BCUT2D eigenvalue weighted by Crippen LogP contribution is 2.16. The Morgan fingerprint density at radius 3 is 2.73 bits per heavy atom. The largest absolute Gasteiger partial charge is 0.493 e.